The van der Waals surface area contributed by atoms with Crippen LogP contribution in [0.15, 0.2) is 54.6 Å². The van der Waals surface area contributed by atoms with Gasteiger partial charge in [0.05, 0.1) is 0 Å². The summed E-state index contributed by atoms with van der Waals surface area (Å²) in [6, 6.07) is 15.9. The summed E-state index contributed by atoms with van der Waals surface area (Å²) in [6.45, 7) is 0. The molecule has 0 bridgehead atoms. The highest BCUT2D eigenvalue weighted by Crippen LogP contribution is 2.20. The number of carbonyl (C=O) groups excluding carboxylic acids is 1. The molecule has 0 spiro atoms. The van der Waals surface area contributed by atoms with Crippen molar-refractivity contribution in [3.05, 3.63) is 70.7 Å². The molecule has 0 amide bonds. The Hall–Kier alpha value is -2.33. The van der Waals surface area contributed by atoms with Crippen molar-refractivity contribution in [1.29, 1.82) is 0 Å². The number of nitrogens with two attached hydrogens (primary N) is 1. The predicted octanol–water partition coefficient (Wildman–Crippen LogP) is 0.631. The third kappa shape index (κ3) is 2.76. The first-order valence-corrected chi connectivity index (χ1v) is 7.03. The summed E-state index contributed by atoms with van der Waals surface area (Å²) in [6.07, 6.45) is 0. The van der Waals surface area contributed by atoms with E-state index < -0.39 is 6.04 Å². The van der Waals surface area contributed by atoms with Crippen LogP contribution in [-0.4, -0.2) is 17.8 Å². The number of hydrogen-bond donors (Lipinski definition) is 3. The van der Waals surface area contributed by atoms with Crippen molar-refractivity contribution < 1.29 is 9.79 Å². The van der Waals surface area contributed by atoms with Gasteiger partial charge in [-0.2, -0.15) is 0 Å². The molecule has 2 aromatic carbocycles. The molecule has 1 aliphatic rings. The Morgan fingerprint density at radius 1 is 1.10 bits per heavy atom. The van der Waals surface area contributed by atoms with E-state index in [0.717, 1.165) is 5.56 Å². The molecule has 1 heterocycles. The minimum Gasteiger partial charge on any atom is -0.291 e. The number of rotatable bonds is 3. The number of nitrogens with one attached hydrogen (secondary N) is 2. The minimum absolute atomic E-state index is 0.00324. The van der Waals surface area contributed by atoms with Gasteiger partial charge in [0.15, 0.2) is 6.04 Å². The fraction of sp³-hybridized carbons (Fsp3) is 0.125. The Bertz CT molecular complexity index is 682. The first kappa shape index (κ1) is 13.6. The smallest absolute Gasteiger partial charge is 0.291 e. The molecule has 4 nitrogen and oxygen atoms in total. The van der Waals surface area contributed by atoms with E-state index in [9.17, 15) is 4.79 Å². The average molecular weight is 301 g/mol. The second-order valence-electron chi connectivity index (χ2n) is 4.94. The van der Waals surface area contributed by atoms with Crippen LogP contribution in [-0.2, 0) is 0 Å². The number of guanidine groups is 1. The van der Waals surface area contributed by atoms with Crippen LogP contribution in [0.3, 0.4) is 0 Å². The van der Waals surface area contributed by atoms with E-state index in [0.29, 0.717) is 16.5 Å². The van der Waals surface area contributed by atoms with E-state index in [1.807, 2.05) is 30.3 Å². The molecule has 3 rings (SSSR count). The van der Waals surface area contributed by atoms with Gasteiger partial charge in [0, 0.05) is 10.6 Å². The molecule has 0 aliphatic carbocycles. The van der Waals surface area contributed by atoms with Gasteiger partial charge in [-0.3, -0.25) is 20.8 Å². The van der Waals surface area contributed by atoms with E-state index in [-0.39, 0.29) is 11.8 Å². The van der Waals surface area contributed by atoms with Crippen molar-refractivity contribution in [1.82, 2.24) is 5.32 Å². The van der Waals surface area contributed by atoms with Gasteiger partial charge in [0.1, 0.15) is 6.04 Å². The maximum Gasteiger partial charge on any atom is 0.342 e. The first-order chi connectivity index (χ1) is 10.1. The van der Waals surface area contributed by atoms with Crippen LogP contribution in [0, 0.1) is 0 Å². The summed E-state index contributed by atoms with van der Waals surface area (Å²) < 4.78 is 0. The van der Waals surface area contributed by atoms with E-state index in [1.165, 1.54) is 0 Å². The van der Waals surface area contributed by atoms with Crippen molar-refractivity contribution in [2.24, 2.45) is 5.73 Å². The van der Waals surface area contributed by atoms with Crippen molar-refractivity contribution in [2.45, 2.75) is 12.1 Å². The lowest BCUT2D eigenvalue weighted by Crippen LogP contribution is -2.74. The highest BCUT2D eigenvalue weighted by molar-refractivity contribution is 6.30. The van der Waals surface area contributed by atoms with Crippen LogP contribution in [0.5, 0.6) is 0 Å². The van der Waals surface area contributed by atoms with Crippen LogP contribution in [0.25, 0.3) is 0 Å². The van der Waals surface area contributed by atoms with Crippen LogP contribution in [0.2, 0.25) is 5.02 Å². The van der Waals surface area contributed by atoms with Gasteiger partial charge < -0.3 is 0 Å². The summed E-state index contributed by atoms with van der Waals surface area (Å²) >= 11 is 5.91. The number of carbonyl (C=O) groups is 1. The minimum atomic E-state index is -0.437. The molecule has 4 N–H and O–H groups in total. The molecule has 0 fully saturated rings. The number of hydrogen-bond acceptors (Lipinski definition) is 3. The Balaban J connectivity index is 1.91. The largest absolute Gasteiger partial charge is 0.342 e. The number of benzene rings is 2. The summed E-state index contributed by atoms with van der Waals surface area (Å²) in [5.41, 5.74) is 7.43. The molecule has 5 heteroatoms. The van der Waals surface area contributed by atoms with Crippen molar-refractivity contribution in [3.63, 3.8) is 0 Å². The second kappa shape index (κ2) is 5.58. The number of Topliss-reactive ketones (excluding diaryl/α,β-unsaturated/α-hetero) is 1. The summed E-state index contributed by atoms with van der Waals surface area (Å²) in [5, 5.41) is 3.68. The Kier molecular flexibility index (Phi) is 3.62. The second-order valence-corrected chi connectivity index (χ2v) is 5.38. The van der Waals surface area contributed by atoms with E-state index >= 15 is 0 Å². The van der Waals surface area contributed by atoms with Gasteiger partial charge in [-0.15, -0.1) is 0 Å². The Morgan fingerprint density at radius 3 is 2.43 bits per heavy atom. The number of ketones is 1. The highest BCUT2D eigenvalue weighted by atomic mass is 35.5. The van der Waals surface area contributed by atoms with Crippen LogP contribution in [0.4, 0.5) is 0 Å². The predicted molar refractivity (Wildman–Crippen MR) is 82.0 cm³/mol. The monoisotopic (exact) mass is 300 g/mol. The molecule has 0 saturated heterocycles. The molecular formula is C16H15ClN3O+. The highest BCUT2D eigenvalue weighted by Gasteiger charge is 2.39. The maximum absolute atomic E-state index is 12.6. The molecule has 1 aliphatic heterocycles. The van der Waals surface area contributed by atoms with Gasteiger partial charge >= 0.3 is 5.96 Å². The zero-order chi connectivity index (χ0) is 14.8. The van der Waals surface area contributed by atoms with Gasteiger partial charge in [0.25, 0.3) is 0 Å². The zero-order valence-electron chi connectivity index (χ0n) is 11.2. The molecular weight excluding hydrogens is 286 g/mol. The first-order valence-electron chi connectivity index (χ1n) is 6.65. The fourth-order valence-electron chi connectivity index (χ4n) is 2.49. The maximum atomic E-state index is 12.6. The van der Waals surface area contributed by atoms with Gasteiger partial charge in [-0.25, -0.2) is 0 Å². The lowest BCUT2D eigenvalue weighted by atomic mass is 9.94. The molecule has 0 unspecified atom stereocenters. The van der Waals surface area contributed by atoms with Crippen molar-refractivity contribution in [2.75, 3.05) is 0 Å². The standard InChI is InChI=1S/C16H14ClN3O/c17-12-8-6-10(7-9-12)13-14(20-16(18)19-13)15(21)11-4-2-1-3-5-11/h1-9,13-14H,(H3,18,19,20)/p+1/t13-,14-/m1/s1. The SMILES string of the molecule is NC1=[NH+][C@H](c2ccc(Cl)cc2)[C@H](C(=O)c2ccccc2)N1. The summed E-state index contributed by atoms with van der Waals surface area (Å²) in [7, 11) is 0. The molecule has 0 aromatic heterocycles. The lowest BCUT2D eigenvalue weighted by Gasteiger charge is -2.14. The molecule has 0 radical (unpaired) electrons. The van der Waals surface area contributed by atoms with E-state index in [1.54, 1.807) is 24.3 Å². The Labute approximate surface area is 127 Å². The average Bonchev–Trinajstić information content (AvgIpc) is 2.90. The van der Waals surface area contributed by atoms with E-state index in [2.05, 4.69) is 10.3 Å². The molecule has 2 atom stereocenters. The van der Waals surface area contributed by atoms with Gasteiger partial charge in [0.2, 0.25) is 5.78 Å². The van der Waals surface area contributed by atoms with E-state index in [4.69, 9.17) is 17.3 Å². The van der Waals surface area contributed by atoms with Gasteiger partial charge in [-0.05, 0) is 17.7 Å². The van der Waals surface area contributed by atoms with Crippen molar-refractivity contribution in [3.8, 4) is 0 Å². The summed E-state index contributed by atoms with van der Waals surface area (Å²) in [5.74, 6) is 0.410. The molecule has 21 heavy (non-hydrogen) atoms. The van der Waals surface area contributed by atoms with Crippen LogP contribution in [0.1, 0.15) is 22.0 Å². The van der Waals surface area contributed by atoms with Crippen LogP contribution >= 0.6 is 11.6 Å². The molecule has 2 aromatic rings. The quantitative estimate of drug-likeness (QED) is 0.728. The topological polar surface area (TPSA) is 69.1 Å². The van der Waals surface area contributed by atoms with Crippen molar-refractivity contribution >= 4 is 23.3 Å². The third-order valence-corrected chi connectivity index (χ3v) is 3.78. The van der Waals surface area contributed by atoms with Crippen LogP contribution < -0.4 is 16.0 Å². The molecule has 0 saturated carbocycles. The summed E-state index contributed by atoms with van der Waals surface area (Å²) in [4.78, 5) is 15.8. The normalized spacial score (nSPS) is 20.7. The fourth-order valence-corrected chi connectivity index (χ4v) is 2.61. The third-order valence-electron chi connectivity index (χ3n) is 3.53. The molecule has 106 valence electrons. The van der Waals surface area contributed by atoms with Gasteiger partial charge in [-0.1, -0.05) is 54.1 Å². The lowest BCUT2D eigenvalue weighted by molar-refractivity contribution is -0.500. The number of halogens is 1. The zero-order valence-corrected chi connectivity index (χ0v) is 12.0. The Morgan fingerprint density at radius 2 is 1.76 bits per heavy atom.